The second kappa shape index (κ2) is 10.9. The van der Waals surface area contributed by atoms with Crippen LogP contribution in [0.5, 0.6) is 5.75 Å². The van der Waals surface area contributed by atoms with Gasteiger partial charge in [0.05, 0.1) is 18.1 Å². The third-order valence-electron chi connectivity index (χ3n) is 7.91. The Morgan fingerprint density at radius 1 is 0.727 bits per heavy atom. The van der Waals surface area contributed by atoms with Crippen LogP contribution < -0.4 is 26.1 Å². The number of nitrogens with zero attached hydrogens (tertiary/aromatic N) is 7. The highest BCUT2D eigenvalue weighted by Gasteiger charge is 2.40. The number of hydrogen-bond acceptors (Lipinski definition) is 10. The number of amidine groups is 2. The highest BCUT2D eigenvalue weighted by atomic mass is 16.5. The van der Waals surface area contributed by atoms with Crippen LogP contribution in [0.1, 0.15) is 28.1 Å². The van der Waals surface area contributed by atoms with Gasteiger partial charge >= 0.3 is 0 Å². The topological polar surface area (TPSA) is 121 Å². The summed E-state index contributed by atoms with van der Waals surface area (Å²) in [5, 5.41) is 3.38. The maximum atomic E-state index is 7.25. The average Bonchev–Trinajstić information content (AvgIpc) is 3.01. The van der Waals surface area contributed by atoms with Gasteiger partial charge < -0.3 is 14.5 Å². The molecule has 44 heavy (non-hydrogen) atoms. The number of hydrogen-bond donors (Lipinski definition) is 2. The number of aromatic nitrogens is 2. The summed E-state index contributed by atoms with van der Waals surface area (Å²) in [7, 11) is 9.70. The molecule has 0 amide bonds. The Kier molecular flexibility index (Phi) is 7.19. The lowest BCUT2D eigenvalue weighted by atomic mass is 10.0. The fourth-order valence-electron chi connectivity index (χ4n) is 5.61. The van der Waals surface area contributed by atoms with Gasteiger partial charge in [0.25, 0.3) is 0 Å². The number of ether oxygens (including phenoxy) is 1. The molecule has 10 heteroatoms. The third-order valence-corrected chi connectivity index (χ3v) is 7.91. The number of aryl methyl sites for hydroxylation is 2. The van der Waals surface area contributed by atoms with Crippen molar-refractivity contribution in [3.05, 3.63) is 101 Å². The minimum Gasteiger partial charge on any atom is -0.497 e. The van der Waals surface area contributed by atoms with E-state index in [2.05, 4.69) is 28.0 Å². The van der Waals surface area contributed by atoms with E-state index in [-0.39, 0.29) is 0 Å². The van der Waals surface area contributed by atoms with Gasteiger partial charge in [-0.15, -0.1) is 0 Å². The van der Waals surface area contributed by atoms with Crippen LogP contribution in [0, 0.1) is 13.8 Å². The van der Waals surface area contributed by atoms with Gasteiger partial charge in [0, 0.05) is 78.4 Å². The molecular formula is C34H37N9O. The monoisotopic (exact) mass is 587 g/mol. The summed E-state index contributed by atoms with van der Waals surface area (Å²) in [6.07, 6.45) is 0. The Bertz CT molecular complexity index is 1960. The van der Waals surface area contributed by atoms with E-state index in [0.717, 1.165) is 61.4 Å². The van der Waals surface area contributed by atoms with Gasteiger partial charge in [0.2, 0.25) is 5.79 Å². The molecule has 3 heterocycles. The van der Waals surface area contributed by atoms with Crippen molar-refractivity contribution in [2.75, 3.05) is 45.1 Å². The van der Waals surface area contributed by atoms with E-state index in [1.807, 2.05) is 96.6 Å². The highest BCUT2D eigenvalue weighted by molar-refractivity contribution is 6.14. The first-order chi connectivity index (χ1) is 21.0. The summed E-state index contributed by atoms with van der Waals surface area (Å²) >= 11 is 0. The molecule has 224 valence electrons. The fourth-order valence-corrected chi connectivity index (χ4v) is 5.61. The molecule has 0 radical (unpaired) electrons. The zero-order valence-corrected chi connectivity index (χ0v) is 26.1. The molecule has 0 bridgehead atoms. The molecule has 0 saturated carbocycles. The van der Waals surface area contributed by atoms with Crippen LogP contribution in [-0.2, 0) is 5.79 Å². The van der Waals surface area contributed by atoms with E-state index in [0.29, 0.717) is 17.2 Å². The molecule has 1 aliphatic rings. The minimum absolute atomic E-state index is 0.460. The number of benzene rings is 3. The van der Waals surface area contributed by atoms with Crippen LogP contribution in [0.2, 0.25) is 0 Å². The molecule has 10 nitrogen and oxygen atoms in total. The van der Waals surface area contributed by atoms with Crippen molar-refractivity contribution in [2.24, 2.45) is 21.6 Å². The number of anilines is 2. The Labute approximate surface area is 257 Å². The third kappa shape index (κ3) is 4.97. The predicted molar refractivity (Wildman–Crippen MR) is 180 cm³/mol. The van der Waals surface area contributed by atoms with Gasteiger partial charge in [-0.05, 0) is 80.6 Å². The fraction of sp³-hybridized carbons (Fsp3) is 0.235. The van der Waals surface area contributed by atoms with Gasteiger partial charge in [-0.1, -0.05) is 6.07 Å². The smallest absolute Gasteiger partial charge is 0.228 e. The Morgan fingerprint density at radius 3 is 1.84 bits per heavy atom. The largest absolute Gasteiger partial charge is 0.497 e. The maximum absolute atomic E-state index is 7.25. The van der Waals surface area contributed by atoms with Crippen molar-refractivity contribution in [3.8, 4) is 5.75 Å². The van der Waals surface area contributed by atoms with Crippen molar-refractivity contribution >= 4 is 44.9 Å². The summed E-state index contributed by atoms with van der Waals surface area (Å²) in [5.41, 5.74) is 15.2. The number of rotatable bonds is 6. The molecule has 5 aromatic rings. The van der Waals surface area contributed by atoms with Crippen LogP contribution >= 0.6 is 0 Å². The standard InChI is InChI=1S/C34H37N9O/c1-20-16-30(41(3)4)26-18-23(10-14-28(26)37-20)32-39-33(22-8-12-25(44-7)13-9-22)43(36)34(35,40-32)24-11-15-29-27(19-24)31(42(5)6)17-21(2)38-29/h8-19H,35-36H2,1-7H3. The summed E-state index contributed by atoms with van der Waals surface area (Å²) in [4.78, 5) is 23.7. The van der Waals surface area contributed by atoms with Crippen LogP contribution in [0.3, 0.4) is 0 Å². The number of nitrogens with two attached hydrogens (primary N) is 2. The Balaban J connectivity index is 1.58. The number of aliphatic imine (C=N–C) groups is 2. The minimum atomic E-state index is -1.49. The zero-order valence-electron chi connectivity index (χ0n) is 26.1. The lowest BCUT2D eigenvalue weighted by Gasteiger charge is -2.39. The summed E-state index contributed by atoms with van der Waals surface area (Å²) in [6.45, 7) is 3.99. The number of hydrazine groups is 1. The second-order valence-corrected chi connectivity index (χ2v) is 11.5. The van der Waals surface area contributed by atoms with E-state index in [1.54, 1.807) is 7.11 Å². The molecule has 2 aromatic heterocycles. The molecule has 0 spiro atoms. The quantitative estimate of drug-likeness (QED) is 0.275. The van der Waals surface area contributed by atoms with Gasteiger partial charge in [0.1, 0.15) is 5.75 Å². The number of pyridine rings is 2. The molecule has 1 aliphatic heterocycles. The van der Waals surface area contributed by atoms with E-state index in [4.69, 9.17) is 36.3 Å². The maximum Gasteiger partial charge on any atom is 0.228 e. The Morgan fingerprint density at radius 2 is 1.27 bits per heavy atom. The molecule has 1 unspecified atom stereocenters. The second-order valence-electron chi connectivity index (χ2n) is 11.5. The van der Waals surface area contributed by atoms with Crippen molar-refractivity contribution < 1.29 is 4.74 Å². The SMILES string of the molecule is COc1ccc(C2=NC(c3ccc4nc(C)cc(N(C)C)c4c3)=NC(N)(c3ccc4nc(C)cc(N(C)C)c4c3)N2N)cc1. The number of fused-ring (bicyclic) bond motifs is 2. The van der Waals surface area contributed by atoms with Crippen molar-refractivity contribution in [2.45, 2.75) is 19.6 Å². The average molecular weight is 588 g/mol. The first-order valence-electron chi connectivity index (χ1n) is 14.3. The van der Waals surface area contributed by atoms with Crippen molar-refractivity contribution in [1.82, 2.24) is 15.0 Å². The molecule has 0 saturated heterocycles. The van der Waals surface area contributed by atoms with E-state index in [1.165, 1.54) is 5.01 Å². The highest BCUT2D eigenvalue weighted by Crippen LogP contribution is 2.35. The Hall–Kier alpha value is -5.06. The van der Waals surface area contributed by atoms with Crippen LogP contribution in [0.4, 0.5) is 11.4 Å². The van der Waals surface area contributed by atoms with E-state index >= 15 is 0 Å². The molecule has 0 aliphatic carbocycles. The number of methoxy groups -OCH3 is 1. The molecular weight excluding hydrogens is 550 g/mol. The van der Waals surface area contributed by atoms with Gasteiger partial charge in [-0.25, -0.2) is 20.8 Å². The van der Waals surface area contributed by atoms with Gasteiger partial charge in [0.15, 0.2) is 11.7 Å². The van der Waals surface area contributed by atoms with Crippen LogP contribution in [-0.4, -0.2) is 61.9 Å². The normalized spacial score (nSPS) is 16.6. The van der Waals surface area contributed by atoms with Crippen molar-refractivity contribution in [3.63, 3.8) is 0 Å². The summed E-state index contributed by atoms with van der Waals surface area (Å²) < 4.78 is 5.39. The summed E-state index contributed by atoms with van der Waals surface area (Å²) in [6, 6.07) is 23.7. The van der Waals surface area contributed by atoms with Gasteiger partial charge in [-0.3, -0.25) is 15.7 Å². The first-order valence-corrected chi connectivity index (χ1v) is 14.3. The molecule has 3 aromatic carbocycles. The van der Waals surface area contributed by atoms with Gasteiger partial charge in [-0.2, -0.15) is 0 Å². The lowest BCUT2D eigenvalue weighted by molar-refractivity contribution is 0.189. The lowest BCUT2D eigenvalue weighted by Crippen LogP contribution is -2.60. The first kappa shape index (κ1) is 29.0. The van der Waals surface area contributed by atoms with E-state index < -0.39 is 5.79 Å². The van der Waals surface area contributed by atoms with Crippen LogP contribution in [0.15, 0.2) is 82.8 Å². The van der Waals surface area contributed by atoms with Crippen LogP contribution in [0.25, 0.3) is 21.8 Å². The molecule has 0 fully saturated rings. The zero-order chi connectivity index (χ0) is 31.3. The predicted octanol–water partition coefficient (Wildman–Crippen LogP) is 4.69. The molecule has 4 N–H and O–H groups in total. The summed E-state index contributed by atoms with van der Waals surface area (Å²) in [5.74, 6) is 7.04. The van der Waals surface area contributed by atoms with E-state index in [9.17, 15) is 0 Å². The molecule has 1 atom stereocenters. The van der Waals surface area contributed by atoms with Crippen molar-refractivity contribution in [1.29, 1.82) is 0 Å². The molecule has 6 rings (SSSR count).